The largest absolute Gasteiger partial charge is 0.492 e. The van der Waals surface area contributed by atoms with Crippen molar-refractivity contribution in [2.75, 3.05) is 40.0 Å². The zero-order chi connectivity index (χ0) is 21.8. The zero-order valence-electron chi connectivity index (χ0n) is 17.5. The fourth-order valence-corrected chi connectivity index (χ4v) is 4.80. The minimum atomic E-state index is -0.543. The highest BCUT2D eigenvalue weighted by molar-refractivity contribution is 7.09. The molecule has 0 saturated carbocycles. The summed E-state index contributed by atoms with van der Waals surface area (Å²) in [6.45, 7) is 2.56. The molecule has 0 N–H and O–H groups in total. The van der Waals surface area contributed by atoms with Crippen LogP contribution < -0.4 is 10.3 Å². The van der Waals surface area contributed by atoms with Crippen LogP contribution in [-0.2, 0) is 33.7 Å². The molecule has 2 aliphatic rings. The summed E-state index contributed by atoms with van der Waals surface area (Å²) in [7, 11) is 1.31. The standard InChI is InChI=1S/C22H26N2O6S/c1-28-22(27)20-17-4-7-23(21(26)15-5-10-29-14-15)8-9-24(17)19(25)13-18(20)30-11-6-16-3-2-12-31-16/h2-3,12-13,15H,4-11,14H2,1H3/t15-/m0/s1. The molecule has 2 aromatic rings. The van der Waals surface area contributed by atoms with E-state index in [9.17, 15) is 14.4 Å². The van der Waals surface area contributed by atoms with Crippen molar-refractivity contribution in [3.05, 3.63) is 50.1 Å². The van der Waals surface area contributed by atoms with E-state index in [1.807, 2.05) is 17.5 Å². The third-order valence-electron chi connectivity index (χ3n) is 5.76. The van der Waals surface area contributed by atoms with Gasteiger partial charge in [-0.3, -0.25) is 9.59 Å². The molecule has 0 unspecified atom stereocenters. The van der Waals surface area contributed by atoms with Crippen LogP contribution in [0, 0.1) is 5.92 Å². The molecule has 4 heterocycles. The molecule has 0 bridgehead atoms. The van der Waals surface area contributed by atoms with Gasteiger partial charge in [-0.2, -0.15) is 0 Å². The van der Waals surface area contributed by atoms with E-state index in [-0.39, 0.29) is 28.7 Å². The number of rotatable bonds is 6. The summed E-state index contributed by atoms with van der Waals surface area (Å²) >= 11 is 1.63. The van der Waals surface area contributed by atoms with E-state index in [1.165, 1.54) is 13.2 Å². The molecule has 2 aromatic heterocycles. The van der Waals surface area contributed by atoms with Gasteiger partial charge in [-0.25, -0.2) is 4.79 Å². The average Bonchev–Trinajstić information content (AvgIpc) is 3.44. The maximum atomic E-state index is 12.8. The number of hydrogen-bond acceptors (Lipinski definition) is 7. The highest BCUT2D eigenvalue weighted by Gasteiger charge is 2.31. The molecule has 0 radical (unpaired) electrons. The average molecular weight is 447 g/mol. The normalized spacial score (nSPS) is 18.4. The number of ether oxygens (including phenoxy) is 3. The molecule has 31 heavy (non-hydrogen) atoms. The maximum Gasteiger partial charge on any atom is 0.343 e. The predicted octanol–water partition coefficient (Wildman–Crippen LogP) is 1.74. The van der Waals surface area contributed by atoms with Crippen LogP contribution in [-0.4, -0.2) is 61.4 Å². The van der Waals surface area contributed by atoms with Crippen molar-refractivity contribution in [2.24, 2.45) is 5.92 Å². The fraction of sp³-hybridized carbons (Fsp3) is 0.500. The van der Waals surface area contributed by atoms with E-state index in [0.717, 1.165) is 11.3 Å². The van der Waals surface area contributed by atoms with Crippen LogP contribution in [0.4, 0.5) is 0 Å². The van der Waals surface area contributed by atoms with Gasteiger partial charge in [0, 0.05) is 55.7 Å². The van der Waals surface area contributed by atoms with Gasteiger partial charge in [-0.1, -0.05) is 6.07 Å². The number of aromatic nitrogens is 1. The quantitative estimate of drug-likeness (QED) is 0.629. The van der Waals surface area contributed by atoms with Crippen molar-refractivity contribution in [3.63, 3.8) is 0 Å². The van der Waals surface area contributed by atoms with E-state index in [4.69, 9.17) is 14.2 Å². The molecule has 2 aliphatic heterocycles. The number of thiophene rings is 1. The van der Waals surface area contributed by atoms with Crippen molar-refractivity contribution in [3.8, 4) is 5.75 Å². The summed E-state index contributed by atoms with van der Waals surface area (Å²) in [6, 6.07) is 5.34. The van der Waals surface area contributed by atoms with Gasteiger partial charge in [-0.05, 0) is 17.9 Å². The Morgan fingerprint density at radius 3 is 2.87 bits per heavy atom. The Morgan fingerprint density at radius 1 is 1.29 bits per heavy atom. The maximum absolute atomic E-state index is 12.8. The van der Waals surface area contributed by atoms with E-state index < -0.39 is 5.97 Å². The van der Waals surface area contributed by atoms with E-state index in [2.05, 4.69) is 0 Å². The number of pyridine rings is 1. The van der Waals surface area contributed by atoms with Gasteiger partial charge < -0.3 is 23.7 Å². The lowest BCUT2D eigenvalue weighted by molar-refractivity contribution is -0.135. The number of hydrogen-bond donors (Lipinski definition) is 0. The molecule has 0 aromatic carbocycles. The van der Waals surface area contributed by atoms with Gasteiger partial charge in [0.2, 0.25) is 5.91 Å². The summed E-state index contributed by atoms with van der Waals surface area (Å²) in [5.41, 5.74) is 0.586. The van der Waals surface area contributed by atoms with Gasteiger partial charge in [0.15, 0.2) is 0 Å². The number of esters is 1. The lowest BCUT2D eigenvalue weighted by Gasteiger charge is -2.22. The molecule has 1 atom stereocenters. The lowest BCUT2D eigenvalue weighted by Crippen LogP contribution is -2.38. The van der Waals surface area contributed by atoms with Crippen molar-refractivity contribution in [2.45, 2.75) is 25.8 Å². The van der Waals surface area contributed by atoms with E-state index >= 15 is 0 Å². The molecule has 8 nitrogen and oxygen atoms in total. The molecule has 0 aliphatic carbocycles. The second kappa shape index (κ2) is 9.65. The zero-order valence-corrected chi connectivity index (χ0v) is 18.3. The van der Waals surface area contributed by atoms with Crippen LogP contribution in [0.5, 0.6) is 5.75 Å². The van der Waals surface area contributed by atoms with Crippen LogP contribution in [0.3, 0.4) is 0 Å². The third-order valence-corrected chi connectivity index (χ3v) is 6.70. The monoisotopic (exact) mass is 446 g/mol. The Labute approximate surface area is 184 Å². The van der Waals surface area contributed by atoms with E-state index in [0.29, 0.717) is 58.0 Å². The first-order valence-electron chi connectivity index (χ1n) is 10.4. The van der Waals surface area contributed by atoms with Crippen LogP contribution in [0.25, 0.3) is 0 Å². The molecule has 1 amide bonds. The van der Waals surface area contributed by atoms with Crippen LogP contribution in [0.2, 0.25) is 0 Å². The number of amides is 1. The van der Waals surface area contributed by atoms with E-state index in [1.54, 1.807) is 20.8 Å². The molecular formula is C22H26N2O6S. The highest BCUT2D eigenvalue weighted by atomic mass is 32.1. The Kier molecular flexibility index (Phi) is 6.72. The van der Waals surface area contributed by atoms with Gasteiger partial charge in [-0.15, -0.1) is 11.3 Å². The van der Waals surface area contributed by atoms with Crippen LogP contribution >= 0.6 is 11.3 Å². The van der Waals surface area contributed by atoms with Crippen LogP contribution in [0.1, 0.15) is 27.3 Å². The second-order valence-electron chi connectivity index (χ2n) is 7.63. The summed E-state index contributed by atoms with van der Waals surface area (Å²) in [5.74, 6) is -0.387. The molecular weight excluding hydrogens is 420 g/mol. The summed E-state index contributed by atoms with van der Waals surface area (Å²) in [4.78, 5) is 41.2. The molecule has 1 saturated heterocycles. The first-order valence-corrected chi connectivity index (χ1v) is 11.3. The Balaban J connectivity index is 1.57. The number of carbonyl (C=O) groups excluding carboxylic acids is 2. The number of fused-ring (bicyclic) bond motifs is 1. The summed E-state index contributed by atoms with van der Waals surface area (Å²) < 4.78 is 17.8. The lowest BCUT2D eigenvalue weighted by atomic mass is 10.1. The Hall–Kier alpha value is -2.65. The first kappa shape index (κ1) is 21.6. The predicted molar refractivity (Wildman–Crippen MR) is 115 cm³/mol. The van der Waals surface area contributed by atoms with Gasteiger partial charge >= 0.3 is 5.97 Å². The van der Waals surface area contributed by atoms with Gasteiger partial charge in [0.05, 0.1) is 26.2 Å². The summed E-state index contributed by atoms with van der Waals surface area (Å²) in [6.07, 6.45) is 1.78. The second-order valence-corrected chi connectivity index (χ2v) is 8.66. The first-order chi connectivity index (χ1) is 15.1. The molecule has 1 fully saturated rings. The topological polar surface area (TPSA) is 87.1 Å². The minimum Gasteiger partial charge on any atom is -0.492 e. The highest BCUT2D eigenvalue weighted by Crippen LogP contribution is 2.25. The molecule has 166 valence electrons. The smallest absolute Gasteiger partial charge is 0.343 e. The number of methoxy groups -OCH3 is 1. The Morgan fingerprint density at radius 2 is 2.16 bits per heavy atom. The third kappa shape index (κ3) is 4.67. The molecule has 0 spiro atoms. The Bertz CT molecular complexity index is 994. The SMILES string of the molecule is COC(=O)c1c(OCCc2cccs2)cc(=O)n2c1CCN(C(=O)[C@H]1CCOC1)CC2. The molecule has 4 rings (SSSR count). The van der Waals surface area contributed by atoms with Crippen molar-refractivity contribution >= 4 is 23.2 Å². The van der Waals surface area contributed by atoms with Crippen LogP contribution in [0.15, 0.2) is 28.4 Å². The number of nitrogens with zero attached hydrogens (tertiary/aromatic N) is 2. The van der Waals surface area contributed by atoms with Gasteiger partial charge in [0.1, 0.15) is 11.3 Å². The summed E-state index contributed by atoms with van der Waals surface area (Å²) in [5, 5.41) is 1.99. The fourth-order valence-electron chi connectivity index (χ4n) is 4.11. The minimum absolute atomic E-state index is 0.0467. The van der Waals surface area contributed by atoms with Gasteiger partial charge in [0.25, 0.3) is 5.56 Å². The van der Waals surface area contributed by atoms with Crippen molar-refractivity contribution in [1.29, 1.82) is 0 Å². The van der Waals surface area contributed by atoms with Crippen molar-refractivity contribution in [1.82, 2.24) is 9.47 Å². The molecule has 9 heteroatoms. The van der Waals surface area contributed by atoms with Crippen molar-refractivity contribution < 1.29 is 23.8 Å². The number of carbonyl (C=O) groups is 2.